The third-order valence-corrected chi connectivity index (χ3v) is 3.36. The topological polar surface area (TPSA) is 21.3 Å². The number of hydrogen-bond acceptors (Lipinski definition) is 2. The fourth-order valence-corrected chi connectivity index (χ4v) is 1.84. The van der Waals surface area contributed by atoms with Crippen LogP contribution in [0.1, 0.15) is 36.6 Å². The molecule has 1 aromatic carbocycles. The molecule has 0 bridgehead atoms. The highest BCUT2D eigenvalue weighted by Gasteiger charge is 2.37. The van der Waals surface area contributed by atoms with Gasteiger partial charge in [-0.05, 0) is 44.0 Å². The zero-order chi connectivity index (χ0) is 15.3. The number of ether oxygens (including phenoxy) is 1. The molecule has 1 aromatic rings. The Balaban J connectivity index is 2.76. The largest absolute Gasteiger partial charge is 0.414 e. The Labute approximate surface area is 118 Å². The molecule has 20 heavy (non-hydrogen) atoms. The molecule has 1 rings (SSSR count). The minimum Gasteiger partial charge on any atom is -0.367 e. The van der Waals surface area contributed by atoms with Gasteiger partial charge in [0.25, 0.3) is 0 Å². The lowest BCUT2D eigenvalue weighted by Gasteiger charge is -2.23. The highest BCUT2D eigenvalue weighted by molar-refractivity contribution is 5.31. The molecular weight excluding hydrogens is 267 g/mol. The number of halogens is 3. The predicted molar refractivity (Wildman–Crippen MR) is 73.8 cm³/mol. The molecule has 2 atom stereocenters. The summed E-state index contributed by atoms with van der Waals surface area (Å²) in [5, 5.41) is 3.16. The minimum absolute atomic E-state index is 0.00296. The first-order chi connectivity index (χ1) is 9.25. The van der Waals surface area contributed by atoms with Crippen LogP contribution in [0.4, 0.5) is 13.2 Å². The van der Waals surface area contributed by atoms with E-state index in [1.807, 2.05) is 39.0 Å². The van der Waals surface area contributed by atoms with Gasteiger partial charge in [-0.25, -0.2) is 0 Å². The molecule has 0 amide bonds. The number of benzene rings is 1. The summed E-state index contributed by atoms with van der Waals surface area (Å²) in [7, 11) is 0. The summed E-state index contributed by atoms with van der Waals surface area (Å²) in [4.78, 5) is 0. The van der Waals surface area contributed by atoms with E-state index in [-0.39, 0.29) is 12.6 Å². The van der Waals surface area contributed by atoms with E-state index < -0.39 is 12.3 Å². The Morgan fingerprint density at radius 3 is 2.35 bits per heavy atom. The predicted octanol–water partition coefficient (Wildman–Crippen LogP) is 3.92. The molecule has 0 saturated heterocycles. The van der Waals surface area contributed by atoms with E-state index in [2.05, 4.69) is 5.32 Å². The van der Waals surface area contributed by atoms with Gasteiger partial charge >= 0.3 is 6.18 Å². The zero-order valence-corrected chi connectivity index (χ0v) is 12.3. The van der Waals surface area contributed by atoms with Crippen molar-refractivity contribution < 1.29 is 17.9 Å². The summed E-state index contributed by atoms with van der Waals surface area (Å²) >= 11 is 0. The fraction of sp³-hybridized carbons (Fsp3) is 0.600. The molecule has 0 heterocycles. The second-order valence-electron chi connectivity index (χ2n) is 4.97. The van der Waals surface area contributed by atoms with Crippen molar-refractivity contribution >= 4 is 0 Å². The Kier molecular flexibility index (Phi) is 6.02. The monoisotopic (exact) mass is 289 g/mol. The van der Waals surface area contributed by atoms with Crippen LogP contribution in [0.15, 0.2) is 18.2 Å². The Morgan fingerprint density at radius 1 is 1.20 bits per heavy atom. The average Bonchev–Trinajstić information content (AvgIpc) is 2.36. The van der Waals surface area contributed by atoms with E-state index in [1.165, 1.54) is 0 Å². The van der Waals surface area contributed by atoms with Gasteiger partial charge in [0.05, 0.1) is 12.6 Å². The van der Waals surface area contributed by atoms with Crippen LogP contribution < -0.4 is 5.32 Å². The Hall–Kier alpha value is -1.07. The van der Waals surface area contributed by atoms with Gasteiger partial charge in [-0.2, -0.15) is 13.2 Å². The van der Waals surface area contributed by atoms with Crippen LogP contribution in [0.2, 0.25) is 0 Å². The molecule has 2 nitrogen and oxygen atoms in total. The lowest BCUT2D eigenvalue weighted by molar-refractivity contribution is -0.215. The number of aryl methyl sites for hydroxylation is 2. The van der Waals surface area contributed by atoms with Gasteiger partial charge in [-0.15, -0.1) is 0 Å². The van der Waals surface area contributed by atoms with Crippen LogP contribution in [-0.2, 0) is 4.74 Å². The molecule has 0 radical (unpaired) electrons. The van der Waals surface area contributed by atoms with E-state index in [4.69, 9.17) is 4.74 Å². The van der Waals surface area contributed by atoms with Gasteiger partial charge in [0.15, 0.2) is 6.10 Å². The molecule has 2 unspecified atom stereocenters. The van der Waals surface area contributed by atoms with Crippen molar-refractivity contribution in [3.05, 3.63) is 34.9 Å². The molecule has 1 N–H and O–H groups in total. The van der Waals surface area contributed by atoms with Crippen molar-refractivity contribution in [3.63, 3.8) is 0 Å². The highest BCUT2D eigenvalue weighted by atomic mass is 19.4. The van der Waals surface area contributed by atoms with Crippen LogP contribution in [0.3, 0.4) is 0 Å². The molecule has 0 aliphatic carbocycles. The van der Waals surface area contributed by atoms with Crippen molar-refractivity contribution in [3.8, 4) is 0 Å². The molecule has 0 aliphatic heterocycles. The normalized spacial score (nSPS) is 15.2. The van der Waals surface area contributed by atoms with Gasteiger partial charge < -0.3 is 10.1 Å². The van der Waals surface area contributed by atoms with Crippen LogP contribution in [0, 0.1) is 13.8 Å². The minimum atomic E-state index is -4.32. The molecule has 0 saturated carbocycles. The summed E-state index contributed by atoms with van der Waals surface area (Å²) in [6.45, 7) is 7.60. The quantitative estimate of drug-likeness (QED) is 0.857. The van der Waals surface area contributed by atoms with Crippen LogP contribution in [0.25, 0.3) is 0 Å². The average molecular weight is 289 g/mol. The van der Waals surface area contributed by atoms with Gasteiger partial charge in [0.2, 0.25) is 0 Å². The maximum Gasteiger partial charge on any atom is 0.414 e. The standard InChI is InChI=1S/C15H22F3NO/c1-5-19-14(9-20-12(4)15(16,17)18)13-7-6-10(2)11(3)8-13/h6-8,12,14,19H,5,9H2,1-4H3. The summed E-state index contributed by atoms with van der Waals surface area (Å²) in [5.41, 5.74) is 3.23. The molecule has 5 heteroatoms. The number of alkyl halides is 3. The molecule has 0 spiro atoms. The lowest BCUT2D eigenvalue weighted by Crippen LogP contribution is -2.33. The number of hydrogen-bond donors (Lipinski definition) is 1. The van der Waals surface area contributed by atoms with Crippen LogP contribution in [0.5, 0.6) is 0 Å². The van der Waals surface area contributed by atoms with Crippen molar-refractivity contribution in [1.29, 1.82) is 0 Å². The van der Waals surface area contributed by atoms with E-state index in [0.717, 1.165) is 23.6 Å². The molecule has 114 valence electrons. The molecule has 0 aliphatic rings. The highest BCUT2D eigenvalue weighted by Crippen LogP contribution is 2.24. The SMILES string of the molecule is CCNC(COC(C)C(F)(F)F)c1ccc(C)c(C)c1. The summed E-state index contributed by atoms with van der Waals surface area (Å²) in [6, 6.07) is 5.66. The number of rotatable bonds is 6. The van der Waals surface area contributed by atoms with E-state index in [1.54, 1.807) is 0 Å². The molecule has 0 fully saturated rings. The first kappa shape index (κ1) is 17.0. The van der Waals surface area contributed by atoms with Crippen molar-refractivity contribution in [1.82, 2.24) is 5.32 Å². The van der Waals surface area contributed by atoms with E-state index in [9.17, 15) is 13.2 Å². The first-order valence-electron chi connectivity index (χ1n) is 6.74. The Bertz CT molecular complexity index is 432. The maximum atomic E-state index is 12.5. The Morgan fingerprint density at radius 2 is 1.85 bits per heavy atom. The third kappa shape index (κ3) is 4.80. The van der Waals surface area contributed by atoms with E-state index in [0.29, 0.717) is 6.54 Å². The number of nitrogens with one attached hydrogen (secondary N) is 1. The van der Waals surface area contributed by atoms with Gasteiger partial charge in [-0.1, -0.05) is 25.1 Å². The van der Waals surface area contributed by atoms with Gasteiger partial charge in [0, 0.05) is 0 Å². The van der Waals surface area contributed by atoms with Gasteiger partial charge in [-0.3, -0.25) is 0 Å². The van der Waals surface area contributed by atoms with Crippen molar-refractivity contribution in [2.45, 2.75) is 46.0 Å². The first-order valence-corrected chi connectivity index (χ1v) is 6.74. The second kappa shape index (κ2) is 7.09. The number of likely N-dealkylation sites (N-methyl/N-ethyl adjacent to an activating group) is 1. The fourth-order valence-electron chi connectivity index (χ4n) is 1.84. The zero-order valence-electron chi connectivity index (χ0n) is 12.3. The van der Waals surface area contributed by atoms with Crippen molar-refractivity contribution in [2.24, 2.45) is 0 Å². The molecule has 0 aromatic heterocycles. The molecular formula is C15H22F3NO. The van der Waals surface area contributed by atoms with Gasteiger partial charge in [0.1, 0.15) is 0 Å². The summed E-state index contributed by atoms with van der Waals surface area (Å²) in [6.07, 6.45) is -6.07. The van der Waals surface area contributed by atoms with Crippen LogP contribution >= 0.6 is 0 Å². The third-order valence-electron chi connectivity index (χ3n) is 3.36. The van der Waals surface area contributed by atoms with Crippen LogP contribution in [-0.4, -0.2) is 25.4 Å². The summed E-state index contributed by atoms with van der Waals surface area (Å²) in [5.74, 6) is 0. The van der Waals surface area contributed by atoms with E-state index >= 15 is 0 Å². The maximum absolute atomic E-state index is 12.5. The van der Waals surface area contributed by atoms with Crippen molar-refractivity contribution in [2.75, 3.05) is 13.2 Å². The summed E-state index contributed by atoms with van der Waals surface area (Å²) < 4.78 is 42.3. The second-order valence-corrected chi connectivity index (χ2v) is 4.97. The lowest BCUT2D eigenvalue weighted by atomic mass is 10.0. The smallest absolute Gasteiger partial charge is 0.367 e.